The zero-order valence-corrected chi connectivity index (χ0v) is 17.7. The molecule has 2 aromatic rings. The zero-order valence-electron chi connectivity index (χ0n) is 16.8. The van der Waals surface area contributed by atoms with Crippen molar-refractivity contribution in [3.8, 4) is 0 Å². The third-order valence-corrected chi connectivity index (χ3v) is 5.58. The highest BCUT2D eigenvalue weighted by Gasteiger charge is 2.32. The van der Waals surface area contributed by atoms with Gasteiger partial charge in [-0.2, -0.15) is 0 Å². The summed E-state index contributed by atoms with van der Waals surface area (Å²) in [6, 6.07) is 7.08. The molecule has 1 aliphatic rings. The maximum atomic E-state index is 12.5. The van der Waals surface area contributed by atoms with Crippen molar-refractivity contribution in [2.75, 3.05) is 13.7 Å². The van der Waals surface area contributed by atoms with Crippen LogP contribution >= 0.6 is 7.75 Å². The number of nitrogens with one attached hydrogen (secondary N) is 2. The Morgan fingerprint density at radius 2 is 2.03 bits per heavy atom. The second-order valence-electron chi connectivity index (χ2n) is 6.74. The Labute approximate surface area is 176 Å². The molecule has 0 bridgehead atoms. The average molecular weight is 451 g/mol. The van der Waals surface area contributed by atoms with E-state index in [2.05, 4.69) is 10.1 Å². The van der Waals surface area contributed by atoms with E-state index >= 15 is 0 Å². The van der Waals surface area contributed by atoms with Gasteiger partial charge in [-0.1, -0.05) is 36.4 Å². The molecule has 12 heteroatoms. The second-order valence-corrected chi connectivity index (χ2v) is 8.30. The number of hydrogen-bond donors (Lipinski definition) is 3. The highest BCUT2D eigenvalue weighted by Crippen LogP contribution is 2.41. The third kappa shape index (κ3) is 5.66. The van der Waals surface area contributed by atoms with E-state index in [1.165, 1.54) is 17.9 Å². The quantitative estimate of drug-likeness (QED) is 0.303. The lowest BCUT2D eigenvalue weighted by Crippen LogP contribution is -2.33. The first-order chi connectivity index (χ1) is 14.7. The topological polar surface area (TPSA) is 149 Å². The van der Waals surface area contributed by atoms with Gasteiger partial charge in [0.1, 0.15) is 12.1 Å². The normalized spacial score (nSPS) is 20.9. The van der Waals surface area contributed by atoms with E-state index in [0.29, 0.717) is 11.1 Å². The van der Waals surface area contributed by atoms with Crippen molar-refractivity contribution in [2.45, 2.75) is 25.3 Å². The largest absolute Gasteiger partial charge is 0.468 e. The first-order valence-electron chi connectivity index (χ1n) is 9.24. The van der Waals surface area contributed by atoms with Gasteiger partial charge in [-0.3, -0.25) is 18.9 Å². The SMILES string of the molecule is COC(=O)[C@@H](NP(=O)(O)OC[C@@H]1C=C[C@H](n2cc(C)c(=O)[nH]c2=O)O1)c1ccccc1. The van der Waals surface area contributed by atoms with Gasteiger partial charge < -0.3 is 14.4 Å². The summed E-state index contributed by atoms with van der Waals surface area (Å²) in [6.45, 7) is 1.22. The molecule has 0 radical (unpaired) electrons. The van der Waals surface area contributed by atoms with E-state index in [9.17, 15) is 23.8 Å². The van der Waals surface area contributed by atoms with Crippen molar-refractivity contribution in [3.63, 3.8) is 0 Å². The Hall–Kier alpha value is -2.82. The van der Waals surface area contributed by atoms with Crippen LogP contribution in [-0.4, -0.2) is 40.2 Å². The number of H-pyrrole nitrogens is 1. The fourth-order valence-electron chi connectivity index (χ4n) is 2.92. The molecule has 0 amide bonds. The van der Waals surface area contributed by atoms with E-state index in [4.69, 9.17) is 14.0 Å². The maximum Gasteiger partial charge on any atom is 0.404 e. The number of aromatic amines is 1. The Bertz CT molecular complexity index is 1130. The van der Waals surface area contributed by atoms with Gasteiger partial charge in [-0.15, -0.1) is 0 Å². The second kappa shape index (κ2) is 9.54. The summed E-state index contributed by atoms with van der Waals surface area (Å²) in [7, 11) is -3.26. The van der Waals surface area contributed by atoms with Crippen LogP contribution in [0, 0.1) is 6.92 Å². The molecule has 0 fully saturated rings. The number of aromatic nitrogens is 2. The molecule has 0 spiro atoms. The summed E-state index contributed by atoms with van der Waals surface area (Å²) in [4.78, 5) is 47.9. The van der Waals surface area contributed by atoms with Crippen LogP contribution in [0.3, 0.4) is 0 Å². The number of carbonyl (C=O) groups excluding carboxylic acids is 1. The summed E-state index contributed by atoms with van der Waals surface area (Å²) in [5.74, 6) is -0.756. The van der Waals surface area contributed by atoms with E-state index in [-0.39, 0.29) is 6.61 Å². The molecule has 1 aromatic heterocycles. The van der Waals surface area contributed by atoms with Gasteiger partial charge in [0.2, 0.25) is 0 Å². The van der Waals surface area contributed by atoms with Gasteiger partial charge >= 0.3 is 19.4 Å². The number of hydrogen-bond acceptors (Lipinski definition) is 7. The van der Waals surface area contributed by atoms with E-state index in [1.807, 2.05) is 0 Å². The van der Waals surface area contributed by atoms with Crippen molar-refractivity contribution in [3.05, 3.63) is 80.6 Å². The Morgan fingerprint density at radius 1 is 1.32 bits per heavy atom. The predicted molar refractivity (Wildman–Crippen MR) is 109 cm³/mol. The minimum Gasteiger partial charge on any atom is -0.468 e. The number of benzene rings is 1. The molecule has 0 saturated carbocycles. The highest BCUT2D eigenvalue weighted by atomic mass is 31.2. The number of methoxy groups -OCH3 is 1. The Kier molecular flexibility index (Phi) is 7.04. The fourth-order valence-corrected chi connectivity index (χ4v) is 3.92. The number of nitrogens with zero attached hydrogens (tertiary/aromatic N) is 1. The van der Waals surface area contributed by atoms with E-state index in [0.717, 1.165) is 0 Å². The lowest BCUT2D eigenvalue weighted by atomic mass is 10.1. The molecule has 2 heterocycles. The first-order valence-corrected chi connectivity index (χ1v) is 10.8. The average Bonchev–Trinajstić information content (AvgIpc) is 3.22. The summed E-state index contributed by atoms with van der Waals surface area (Å²) in [6.07, 6.45) is 2.93. The molecule has 0 aliphatic carbocycles. The van der Waals surface area contributed by atoms with Crippen molar-refractivity contribution in [1.29, 1.82) is 0 Å². The smallest absolute Gasteiger partial charge is 0.404 e. The van der Waals surface area contributed by atoms with Crippen LogP contribution in [0.15, 0.2) is 58.3 Å². The van der Waals surface area contributed by atoms with Crippen LogP contribution in [0.2, 0.25) is 0 Å². The summed E-state index contributed by atoms with van der Waals surface area (Å²) >= 11 is 0. The van der Waals surface area contributed by atoms with Gasteiger partial charge in [0.25, 0.3) is 5.56 Å². The fraction of sp³-hybridized carbons (Fsp3) is 0.316. The molecular formula is C19H22N3O8P. The summed E-state index contributed by atoms with van der Waals surface area (Å²) < 4.78 is 29.1. The Morgan fingerprint density at radius 3 is 2.71 bits per heavy atom. The van der Waals surface area contributed by atoms with Crippen LogP contribution in [0.25, 0.3) is 0 Å². The first kappa shape index (κ1) is 22.9. The van der Waals surface area contributed by atoms with Crippen LogP contribution in [-0.2, 0) is 23.4 Å². The number of rotatable bonds is 8. The molecule has 166 valence electrons. The lowest BCUT2D eigenvalue weighted by molar-refractivity contribution is -0.143. The number of carbonyl (C=O) groups is 1. The van der Waals surface area contributed by atoms with Gasteiger partial charge in [-0.05, 0) is 18.6 Å². The number of esters is 1. The minimum atomic E-state index is -4.43. The predicted octanol–water partition coefficient (Wildman–Crippen LogP) is 0.920. The third-order valence-electron chi connectivity index (χ3n) is 4.50. The maximum absolute atomic E-state index is 12.5. The van der Waals surface area contributed by atoms with Crippen molar-refractivity contribution < 1.29 is 28.3 Å². The molecule has 1 unspecified atom stereocenters. The molecule has 1 aromatic carbocycles. The highest BCUT2D eigenvalue weighted by molar-refractivity contribution is 7.50. The van der Waals surface area contributed by atoms with E-state index < -0.39 is 43.3 Å². The van der Waals surface area contributed by atoms with Gasteiger partial charge in [0.15, 0.2) is 6.23 Å². The standard InChI is InChI=1S/C19H22N3O8P/c1-12-10-22(19(25)20-17(12)23)15-9-8-14(30-15)11-29-31(26,27)21-16(18(24)28-2)13-6-4-3-5-7-13/h3-10,14-16H,11H2,1-2H3,(H,20,23,25)(H2,21,26,27)/t14-,15+,16-/m0/s1. The van der Waals surface area contributed by atoms with Crippen LogP contribution < -0.4 is 16.3 Å². The molecule has 3 rings (SSSR count). The molecule has 0 saturated heterocycles. The molecule has 1 aliphatic heterocycles. The summed E-state index contributed by atoms with van der Waals surface area (Å²) in [5, 5.41) is 2.29. The minimum absolute atomic E-state index is 0.326. The van der Waals surface area contributed by atoms with Crippen LogP contribution in [0.1, 0.15) is 23.4 Å². The molecule has 3 N–H and O–H groups in total. The molecule has 4 atom stereocenters. The Balaban J connectivity index is 1.63. The summed E-state index contributed by atoms with van der Waals surface area (Å²) in [5.41, 5.74) is -0.383. The molecular weight excluding hydrogens is 429 g/mol. The molecule has 31 heavy (non-hydrogen) atoms. The van der Waals surface area contributed by atoms with Crippen molar-refractivity contribution >= 4 is 13.7 Å². The van der Waals surface area contributed by atoms with E-state index in [1.54, 1.807) is 49.4 Å². The number of aryl methyl sites for hydroxylation is 1. The monoisotopic (exact) mass is 451 g/mol. The lowest BCUT2D eigenvalue weighted by Gasteiger charge is -2.22. The van der Waals surface area contributed by atoms with Crippen LogP contribution in [0.4, 0.5) is 0 Å². The van der Waals surface area contributed by atoms with Crippen LogP contribution in [0.5, 0.6) is 0 Å². The molecule has 11 nitrogen and oxygen atoms in total. The number of ether oxygens (including phenoxy) is 2. The van der Waals surface area contributed by atoms with Gasteiger partial charge in [-0.25, -0.2) is 19.2 Å². The van der Waals surface area contributed by atoms with Gasteiger partial charge in [0.05, 0.1) is 13.7 Å². The van der Waals surface area contributed by atoms with Crippen molar-refractivity contribution in [2.24, 2.45) is 0 Å². The van der Waals surface area contributed by atoms with Crippen molar-refractivity contribution in [1.82, 2.24) is 14.6 Å². The zero-order chi connectivity index (χ0) is 22.6. The van der Waals surface area contributed by atoms with Gasteiger partial charge in [0, 0.05) is 11.8 Å².